The van der Waals surface area contributed by atoms with Gasteiger partial charge < -0.3 is 9.84 Å². The Labute approximate surface area is 206 Å². The minimum atomic E-state index is -0.0874. The summed E-state index contributed by atoms with van der Waals surface area (Å²) < 4.78 is 4.72. The van der Waals surface area contributed by atoms with E-state index in [0.717, 1.165) is 25.7 Å². The Morgan fingerprint density at radius 2 is 1.27 bits per heavy atom. The highest BCUT2D eigenvalue weighted by Crippen LogP contribution is 2.15. The largest absolute Gasteiger partial charge is 0.513 e. The Bertz CT molecular complexity index is 481. The van der Waals surface area contributed by atoms with Gasteiger partial charge in [-0.15, -0.1) is 0 Å². The Morgan fingerprint density at radius 1 is 0.758 bits per heavy atom. The van der Waals surface area contributed by atoms with E-state index < -0.39 is 0 Å². The van der Waals surface area contributed by atoms with E-state index in [4.69, 9.17) is 4.74 Å². The van der Waals surface area contributed by atoms with E-state index in [1.165, 1.54) is 110 Å². The van der Waals surface area contributed by atoms with Crippen molar-refractivity contribution in [2.75, 3.05) is 7.11 Å². The Kier molecular flexibility index (Phi) is 24.4. The zero-order valence-corrected chi connectivity index (χ0v) is 22.4. The van der Waals surface area contributed by atoms with Crippen LogP contribution in [0.1, 0.15) is 149 Å². The number of aliphatic hydroxyl groups excluding tert-OH is 1. The molecule has 0 heterocycles. The average molecular weight is 465 g/mol. The highest BCUT2D eigenvalue weighted by atomic mass is 16.5. The predicted octanol–water partition coefficient (Wildman–Crippen LogP) is 10.0. The molecule has 0 aliphatic heterocycles. The number of esters is 1. The van der Waals surface area contributed by atoms with Crippen molar-refractivity contribution in [2.24, 2.45) is 5.92 Å². The van der Waals surface area contributed by atoms with Crippen LogP contribution in [0, 0.1) is 5.92 Å². The summed E-state index contributed by atoms with van der Waals surface area (Å²) in [4.78, 5) is 11.2. The summed E-state index contributed by atoms with van der Waals surface area (Å²) in [5.74, 6) is 0.963. The molecule has 0 saturated heterocycles. The average Bonchev–Trinajstić information content (AvgIpc) is 2.80. The lowest BCUT2D eigenvalue weighted by molar-refractivity contribution is -0.141. The van der Waals surface area contributed by atoms with Crippen LogP contribution in [0.5, 0.6) is 0 Å². The van der Waals surface area contributed by atoms with Gasteiger partial charge in [0, 0.05) is 12.8 Å². The van der Waals surface area contributed by atoms with Gasteiger partial charge in [-0.1, -0.05) is 103 Å². The van der Waals surface area contributed by atoms with Crippen molar-refractivity contribution in [1.29, 1.82) is 0 Å². The molecule has 0 rings (SSSR count). The van der Waals surface area contributed by atoms with Gasteiger partial charge in [-0.3, -0.25) is 4.79 Å². The highest BCUT2D eigenvalue weighted by molar-refractivity contribution is 5.69. The van der Waals surface area contributed by atoms with Gasteiger partial charge in [-0.2, -0.15) is 0 Å². The lowest BCUT2D eigenvalue weighted by Gasteiger charge is -2.08. The van der Waals surface area contributed by atoms with Gasteiger partial charge >= 0.3 is 5.97 Å². The third kappa shape index (κ3) is 25.2. The summed E-state index contributed by atoms with van der Waals surface area (Å²) in [6.07, 6.45) is 31.9. The van der Waals surface area contributed by atoms with Gasteiger partial charge in [0.15, 0.2) is 0 Å². The quantitative estimate of drug-likeness (QED) is 0.0668. The minimum absolute atomic E-state index is 0.0874. The maximum Gasteiger partial charge on any atom is 0.305 e. The standard InChI is InChI=1S/C30H56O3/c1-4-5-6-7-15-19-22-25-29(31)26-23-20-17-14-12-10-8-9-11-13-16-18-21-24-28(2)27-30(32)33-3/h9,11,26,28,31H,4-8,10,12-25,27H2,1-3H3/b11-9-,29-26-. The first kappa shape index (κ1) is 31.8. The molecule has 0 aliphatic carbocycles. The molecule has 0 saturated carbocycles. The normalized spacial score (nSPS) is 13.0. The molecule has 0 spiro atoms. The second-order valence-electron chi connectivity index (χ2n) is 9.91. The first-order valence-electron chi connectivity index (χ1n) is 14.2. The predicted molar refractivity (Wildman–Crippen MR) is 144 cm³/mol. The molecule has 0 aliphatic rings. The van der Waals surface area contributed by atoms with E-state index >= 15 is 0 Å². The van der Waals surface area contributed by atoms with E-state index in [2.05, 4.69) is 32.1 Å². The van der Waals surface area contributed by atoms with Gasteiger partial charge in [-0.05, 0) is 56.9 Å². The van der Waals surface area contributed by atoms with Crippen LogP contribution >= 0.6 is 0 Å². The van der Waals surface area contributed by atoms with Crippen molar-refractivity contribution in [3.05, 3.63) is 24.0 Å². The number of unbranched alkanes of at least 4 members (excludes halogenated alkanes) is 15. The second-order valence-corrected chi connectivity index (χ2v) is 9.91. The van der Waals surface area contributed by atoms with Gasteiger partial charge in [-0.25, -0.2) is 0 Å². The van der Waals surface area contributed by atoms with Crippen LogP contribution in [0.15, 0.2) is 24.0 Å². The van der Waals surface area contributed by atoms with E-state index in [1.807, 2.05) is 0 Å². The fraction of sp³-hybridized carbons (Fsp3) is 0.833. The van der Waals surface area contributed by atoms with Gasteiger partial charge in [0.05, 0.1) is 12.9 Å². The molecule has 0 aromatic carbocycles. The van der Waals surface area contributed by atoms with Crippen molar-refractivity contribution in [1.82, 2.24) is 0 Å². The van der Waals surface area contributed by atoms with Crippen LogP contribution in [0.4, 0.5) is 0 Å². The third-order valence-corrected chi connectivity index (χ3v) is 6.47. The van der Waals surface area contributed by atoms with E-state index in [9.17, 15) is 9.90 Å². The topological polar surface area (TPSA) is 46.5 Å². The lowest BCUT2D eigenvalue weighted by atomic mass is 9.99. The molecule has 0 amide bonds. The fourth-order valence-corrected chi connectivity index (χ4v) is 4.21. The molecule has 1 atom stereocenters. The van der Waals surface area contributed by atoms with Crippen molar-refractivity contribution in [3.63, 3.8) is 0 Å². The third-order valence-electron chi connectivity index (χ3n) is 6.47. The number of aliphatic hydroxyl groups is 1. The van der Waals surface area contributed by atoms with E-state index in [-0.39, 0.29) is 5.97 Å². The molecule has 1 N–H and O–H groups in total. The number of allylic oxidation sites excluding steroid dienone is 4. The molecular formula is C30H56O3. The van der Waals surface area contributed by atoms with E-state index in [0.29, 0.717) is 18.1 Å². The van der Waals surface area contributed by atoms with Crippen molar-refractivity contribution >= 4 is 5.97 Å². The van der Waals surface area contributed by atoms with Gasteiger partial charge in [0.1, 0.15) is 0 Å². The monoisotopic (exact) mass is 464 g/mol. The molecule has 0 aromatic heterocycles. The molecule has 3 heteroatoms. The maximum absolute atomic E-state index is 11.2. The fourth-order valence-electron chi connectivity index (χ4n) is 4.21. The second kappa shape index (κ2) is 25.4. The number of hydrogen-bond acceptors (Lipinski definition) is 3. The maximum atomic E-state index is 11.2. The molecular weight excluding hydrogens is 408 g/mol. The summed E-state index contributed by atoms with van der Waals surface area (Å²) in [5, 5.41) is 9.98. The lowest BCUT2D eigenvalue weighted by Crippen LogP contribution is -2.06. The number of rotatable bonds is 24. The van der Waals surface area contributed by atoms with Crippen LogP contribution in [0.2, 0.25) is 0 Å². The Balaban J connectivity index is 3.35. The summed E-state index contributed by atoms with van der Waals surface area (Å²) in [7, 11) is 1.46. The van der Waals surface area contributed by atoms with Crippen LogP contribution in [0.25, 0.3) is 0 Å². The molecule has 0 bridgehead atoms. The molecule has 0 aromatic rings. The van der Waals surface area contributed by atoms with Crippen LogP contribution in [-0.2, 0) is 9.53 Å². The van der Waals surface area contributed by atoms with Crippen LogP contribution < -0.4 is 0 Å². The molecule has 1 unspecified atom stereocenters. The van der Waals surface area contributed by atoms with E-state index in [1.54, 1.807) is 0 Å². The van der Waals surface area contributed by atoms with Crippen LogP contribution in [0.3, 0.4) is 0 Å². The Hall–Kier alpha value is -1.25. The first-order valence-corrected chi connectivity index (χ1v) is 14.2. The Morgan fingerprint density at radius 3 is 1.88 bits per heavy atom. The summed E-state index contributed by atoms with van der Waals surface area (Å²) >= 11 is 0. The summed E-state index contributed by atoms with van der Waals surface area (Å²) in [6, 6.07) is 0. The number of hydrogen-bond donors (Lipinski definition) is 1. The van der Waals surface area contributed by atoms with Crippen LogP contribution in [-0.4, -0.2) is 18.2 Å². The van der Waals surface area contributed by atoms with Crippen molar-refractivity contribution in [2.45, 2.75) is 149 Å². The van der Waals surface area contributed by atoms with Crippen molar-refractivity contribution < 1.29 is 14.6 Å². The molecule has 3 nitrogen and oxygen atoms in total. The zero-order chi connectivity index (χ0) is 24.4. The summed E-state index contributed by atoms with van der Waals surface area (Å²) in [6.45, 7) is 4.39. The molecule has 0 fully saturated rings. The number of ether oxygens (including phenoxy) is 1. The van der Waals surface area contributed by atoms with Crippen molar-refractivity contribution in [3.8, 4) is 0 Å². The first-order chi connectivity index (χ1) is 16.1. The number of carbonyl (C=O) groups is 1. The van der Waals surface area contributed by atoms with Gasteiger partial charge in [0.25, 0.3) is 0 Å². The van der Waals surface area contributed by atoms with Gasteiger partial charge in [0.2, 0.25) is 0 Å². The smallest absolute Gasteiger partial charge is 0.305 e. The zero-order valence-electron chi connectivity index (χ0n) is 22.4. The molecule has 0 radical (unpaired) electrons. The minimum Gasteiger partial charge on any atom is -0.513 e. The summed E-state index contributed by atoms with van der Waals surface area (Å²) in [5.41, 5.74) is 0. The number of methoxy groups -OCH3 is 1. The SMILES string of the molecule is CCCCCCCCC/C(O)=C/CCCCCCC/C=C\CCCCCC(C)CC(=O)OC. The molecule has 194 valence electrons. The number of carbonyl (C=O) groups excluding carboxylic acids is 1. The highest BCUT2D eigenvalue weighted by Gasteiger charge is 2.08. The molecule has 33 heavy (non-hydrogen) atoms.